The van der Waals surface area contributed by atoms with E-state index < -0.39 is 0 Å². The Morgan fingerprint density at radius 3 is 2.70 bits per heavy atom. The van der Waals surface area contributed by atoms with Gasteiger partial charge in [0.2, 0.25) is 5.91 Å². The normalized spacial score (nSPS) is 14.5. The molecule has 3 heterocycles. The average Bonchev–Trinajstić information content (AvgIpc) is 3.08. The zero-order chi connectivity index (χ0) is 18.6. The van der Waals surface area contributed by atoms with E-state index in [1.165, 1.54) is 18.6 Å². The fourth-order valence-corrected chi connectivity index (χ4v) is 3.47. The molecule has 27 heavy (non-hydrogen) atoms. The first kappa shape index (κ1) is 17.5. The summed E-state index contributed by atoms with van der Waals surface area (Å²) in [5, 5.41) is 3.35. The third-order valence-electron chi connectivity index (χ3n) is 4.89. The number of anilines is 1. The molecule has 3 aromatic rings. The molecule has 7 heteroatoms. The number of carbonyl (C=O) groups is 1. The Labute approximate surface area is 157 Å². The fourth-order valence-electron chi connectivity index (χ4n) is 3.47. The molecule has 1 saturated heterocycles. The van der Waals surface area contributed by atoms with Crippen molar-refractivity contribution in [2.75, 3.05) is 25.0 Å². The minimum absolute atomic E-state index is 0.181. The van der Waals surface area contributed by atoms with Crippen LogP contribution >= 0.6 is 0 Å². The second-order valence-corrected chi connectivity index (χ2v) is 6.74. The molecule has 0 spiro atoms. The number of likely N-dealkylation sites (tertiary alicyclic amines) is 1. The smallest absolute Gasteiger partial charge is 0.224 e. The standard InChI is InChI=1S/C20H22FN5O/c21-16-6-4-15(5-7-16)19-20(26-13-10-22-14-17(26)24-19)23-9-8-18(27)25-11-2-1-3-12-25/h4-7,10,13-14,23H,1-3,8-9,11-12H2. The number of nitrogens with one attached hydrogen (secondary N) is 1. The molecule has 0 atom stereocenters. The number of imidazole rings is 1. The average molecular weight is 367 g/mol. The number of aromatic nitrogens is 3. The fraction of sp³-hybridized carbons (Fsp3) is 0.350. The van der Waals surface area contributed by atoms with E-state index in [-0.39, 0.29) is 11.7 Å². The van der Waals surface area contributed by atoms with E-state index in [4.69, 9.17) is 0 Å². The molecule has 1 aliphatic heterocycles. The van der Waals surface area contributed by atoms with Crippen molar-refractivity contribution < 1.29 is 9.18 Å². The lowest BCUT2D eigenvalue weighted by atomic mass is 10.1. The van der Waals surface area contributed by atoms with Crippen LogP contribution in [-0.2, 0) is 4.79 Å². The van der Waals surface area contributed by atoms with Crippen molar-refractivity contribution in [3.05, 3.63) is 48.7 Å². The van der Waals surface area contributed by atoms with Gasteiger partial charge in [0.1, 0.15) is 17.3 Å². The number of rotatable bonds is 5. The number of piperidine rings is 1. The van der Waals surface area contributed by atoms with Crippen LogP contribution in [0.4, 0.5) is 10.2 Å². The van der Waals surface area contributed by atoms with Crippen molar-refractivity contribution >= 4 is 17.4 Å². The van der Waals surface area contributed by atoms with Gasteiger partial charge in [-0.1, -0.05) is 0 Å². The lowest BCUT2D eigenvalue weighted by Crippen LogP contribution is -2.36. The van der Waals surface area contributed by atoms with Gasteiger partial charge in [0.25, 0.3) is 0 Å². The van der Waals surface area contributed by atoms with Crippen LogP contribution in [-0.4, -0.2) is 44.8 Å². The summed E-state index contributed by atoms with van der Waals surface area (Å²) < 4.78 is 15.2. The van der Waals surface area contributed by atoms with Crippen LogP contribution in [0.3, 0.4) is 0 Å². The first-order valence-electron chi connectivity index (χ1n) is 9.32. The quantitative estimate of drug-likeness (QED) is 0.751. The summed E-state index contributed by atoms with van der Waals surface area (Å²) >= 11 is 0. The van der Waals surface area contributed by atoms with Crippen LogP contribution in [0.25, 0.3) is 16.9 Å². The highest BCUT2D eigenvalue weighted by atomic mass is 19.1. The maximum atomic E-state index is 13.3. The molecule has 0 saturated carbocycles. The van der Waals surface area contributed by atoms with Crippen molar-refractivity contribution in [3.63, 3.8) is 0 Å². The van der Waals surface area contributed by atoms with Gasteiger partial charge < -0.3 is 10.2 Å². The summed E-state index contributed by atoms with van der Waals surface area (Å²) in [6.07, 6.45) is 9.01. The maximum absolute atomic E-state index is 13.3. The molecule has 6 nitrogen and oxygen atoms in total. The minimum atomic E-state index is -0.286. The van der Waals surface area contributed by atoms with E-state index in [9.17, 15) is 9.18 Å². The third-order valence-corrected chi connectivity index (χ3v) is 4.89. The summed E-state index contributed by atoms with van der Waals surface area (Å²) in [4.78, 5) is 23.1. The van der Waals surface area contributed by atoms with Crippen LogP contribution in [0.1, 0.15) is 25.7 Å². The molecule has 0 bridgehead atoms. The van der Waals surface area contributed by atoms with Gasteiger partial charge in [-0.05, 0) is 43.5 Å². The molecular weight excluding hydrogens is 345 g/mol. The first-order valence-corrected chi connectivity index (χ1v) is 9.32. The SMILES string of the molecule is O=C(CCNc1c(-c2ccc(F)cc2)nc2cnccn12)N1CCCCC1. The molecule has 1 aromatic carbocycles. The number of halogens is 1. The molecule has 140 valence electrons. The molecule has 1 N–H and O–H groups in total. The second-order valence-electron chi connectivity index (χ2n) is 6.74. The van der Waals surface area contributed by atoms with Crippen LogP contribution in [0.15, 0.2) is 42.9 Å². The molecule has 0 radical (unpaired) electrons. The minimum Gasteiger partial charge on any atom is -0.369 e. The van der Waals surface area contributed by atoms with Crippen LogP contribution < -0.4 is 5.32 Å². The van der Waals surface area contributed by atoms with Gasteiger partial charge in [-0.15, -0.1) is 0 Å². The van der Waals surface area contributed by atoms with Crippen LogP contribution in [0, 0.1) is 5.82 Å². The van der Waals surface area contributed by atoms with Crippen LogP contribution in [0.5, 0.6) is 0 Å². The Hall–Kier alpha value is -2.96. The first-order chi connectivity index (χ1) is 13.2. The summed E-state index contributed by atoms with van der Waals surface area (Å²) in [5.41, 5.74) is 2.22. The van der Waals surface area contributed by atoms with Crippen molar-refractivity contribution in [3.8, 4) is 11.3 Å². The van der Waals surface area contributed by atoms with E-state index >= 15 is 0 Å². The molecular formula is C20H22FN5O. The zero-order valence-electron chi connectivity index (χ0n) is 15.1. The Morgan fingerprint density at radius 1 is 1.15 bits per heavy atom. The van der Waals surface area contributed by atoms with Gasteiger partial charge in [-0.3, -0.25) is 14.2 Å². The molecule has 0 unspecified atom stereocenters. The summed E-state index contributed by atoms with van der Waals surface area (Å²) in [7, 11) is 0. The van der Waals surface area contributed by atoms with E-state index in [1.807, 2.05) is 15.5 Å². The van der Waals surface area contributed by atoms with E-state index in [1.54, 1.807) is 24.5 Å². The van der Waals surface area contributed by atoms with Gasteiger partial charge >= 0.3 is 0 Å². The summed E-state index contributed by atoms with van der Waals surface area (Å²) in [5.74, 6) is 0.678. The third kappa shape index (κ3) is 3.77. The number of hydrogen-bond acceptors (Lipinski definition) is 4. The lowest BCUT2D eigenvalue weighted by Gasteiger charge is -2.26. The van der Waals surface area contributed by atoms with Crippen molar-refractivity contribution in [2.24, 2.45) is 0 Å². The predicted molar refractivity (Wildman–Crippen MR) is 102 cm³/mol. The Kier molecular flexibility index (Phi) is 5.00. The van der Waals surface area contributed by atoms with Gasteiger partial charge in [0, 0.05) is 44.0 Å². The van der Waals surface area contributed by atoms with Crippen LogP contribution in [0.2, 0.25) is 0 Å². The molecule has 1 aliphatic rings. The molecule has 2 aromatic heterocycles. The summed E-state index contributed by atoms with van der Waals surface area (Å²) in [6.45, 7) is 2.24. The topological polar surface area (TPSA) is 62.5 Å². The molecule has 1 amide bonds. The largest absolute Gasteiger partial charge is 0.369 e. The highest BCUT2D eigenvalue weighted by molar-refractivity contribution is 5.78. The Balaban J connectivity index is 1.54. The zero-order valence-corrected chi connectivity index (χ0v) is 15.1. The van der Waals surface area contributed by atoms with Gasteiger partial charge in [-0.25, -0.2) is 9.37 Å². The van der Waals surface area contributed by atoms with Crippen molar-refractivity contribution in [2.45, 2.75) is 25.7 Å². The molecule has 4 rings (SSSR count). The van der Waals surface area contributed by atoms with Gasteiger partial charge in [0.15, 0.2) is 5.65 Å². The highest BCUT2D eigenvalue weighted by Gasteiger charge is 2.18. The van der Waals surface area contributed by atoms with Crippen molar-refractivity contribution in [1.82, 2.24) is 19.3 Å². The number of nitrogens with zero attached hydrogens (tertiary/aromatic N) is 4. The monoisotopic (exact) mass is 367 g/mol. The number of carbonyl (C=O) groups excluding carboxylic acids is 1. The Morgan fingerprint density at radius 2 is 1.93 bits per heavy atom. The number of benzene rings is 1. The summed E-state index contributed by atoms with van der Waals surface area (Å²) in [6, 6.07) is 6.24. The maximum Gasteiger partial charge on any atom is 0.224 e. The number of amides is 1. The molecule has 0 aliphatic carbocycles. The second kappa shape index (κ2) is 7.73. The van der Waals surface area contributed by atoms with Crippen molar-refractivity contribution in [1.29, 1.82) is 0 Å². The highest BCUT2D eigenvalue weighted by Crippen LogP contribution is 2.28. The lowest BCUT2D eigenvalue weighted by molar-refractivity contribution is -0.131. The molecule has 1 fully saturated rings. The van der Waals surface area contributed by atoms with E-state index in [2.05, 4.69) is 15.3 Å². The van der Waals surface area contributed by atoms with E-state index in [0.29, 0.717) is 24.3 Å². The predicted octanol–water partition coefficient (Wildman–Crippen LogP) is 3.35. The number of hydrogen-bond donors (Lipinski definition) is 1. The van der Waals surface area contributed by atoms with E-state index in [0.717, 1.165) is 37.3 Å². The van der Waals surface area contributed by atoms with Gasteiger partial charge in [0.05, 0.1) is 6.20 Å². The Bertz CT molecular complexity index is 931. The van der Waals surface area contributed by atoms with Gasteiger partial charge in [-0.2, -0.15) is 0 Å². The number of fused-ring (bicyclic) bond motifs is 1.